The van der Waals surface area contributed by atoms with Crippen LogP contribution in [0.1, 0.15) is 22.4 Å². The highest BCUT2D eigenvalue weighted by atomic mass is 79.9. The largest absolute Gasteiger partial charge is 0.383 e. The Morgan fingerprint density at radius 3 is 3.00 bits per heavy atom. The van der Waals surface area contributed by atoms with Crippen LogP contribution in [0.5, 0.6) is 0 Å². The smallest absolute Gasteiger partial charge is 0.0897 e. The molecule has 2 aromatic heterocycles. The van der Waals surface area contributed by atoms with Gasteiger partial charge in [0.2, 0.25) is 0 Å². The van der Waals surface area contributed by atoms with Crippen molar-refractivity contribution in [2.24, 2.45) is 5.73 Å². The number of hydrogen-bond acceptors (Lipinski definition) is 5. The van der Waals surface area contributed by atoms with Crippen LogP contribution in [0.2, 0.25) is 0 Å². The molecule has 2 rings (SSSR count). The third-order valence-corrected chi connectivity index (χ3v) is 4.22. The fourth-order valence-electron chi connectivity index (χ4n) is 1.92. The van der Waals surface area contributed by atoms with Crippen molar-refractivity contribution < 1.29 is 4.74 Å². The first-order chi connectivity index (χ1) is 9.11. The normalized spacial score (nSPS) is 12.8. The molecular weight excluding hydrogens is 328 g/mol. The van der Waals surface area contributed by atoms with E-state index < -0.39 is 0 Å². The summed E-state index contributed by atoms with van der Waals surface area (Å²) in [6, 6.07) is -0.129. The number of rotatable bonds is 6. The van der Waals surface area contributed by atoms with E-state index in [9.17, 15) is 0 Å². The molecule has 0 aliphatic carbocycles. The molecule has 0 aromatic carbocycles. The van der Waals surface area contributed by atoms with E-state index in [-0.39, 0.29) is 6.04 Å². The average molecular weight is 345 g/mol. The predicted octanol–water partition coefficient (Wildman–Crippen LogP) is 2.30. The number of ether oxygens (including phenoxy) is 1. The lowest BCUT2D eigenvalue weighted by Crippen LogP contribution is -2.20. The summed E-state index contributed by atoms with van der Waals surface area (Å²) in [7, 11) is 1.68. The first-order valence-corrected chi connectivity index (χ1v) is 7.65. The second-order valence-electron chi connectivity index (χ2n) is 4.26. The molecule has 19 heavy (non-hydrogen) atoms. The zero-order valence-electron chi connectivity index (χ0n) is 11.0. The lowest BCUT2D eigenvalue weighted by molar-refractivity contribution is 0.182. The van der Waals surface area contributed by atoms with Crippen molar-refractivity contribution in [2.45, 2.75) is 25.9 Å². The maximum absolute atomic E-state index is 6.29. The molecule has 7 heteroatoms. The number of nitrogens with zero attached hydrogens (tertiary/aromatic N) is 3. The minimum Gasteiger partial charge on any atom is -0.383 e. The lowest BCUT2D eigenvalue weighted by Gasteiger charge is -2.14. The third-order valence-electron chi connectivity index (χ3n) is 2.79. The van der Waals surface area contributed by atoms with Crippen molar-refractivity contribution >= 4 is 27.3 Å². The first kappa shape index (κ1) is 14.6. The van der Waals surface area contributed by atoms with E-state index in [0.717, 1.165) is 20.9 Å². The van der Waals surface area contributed by atoms with Crippen LogP contribution in [-0.2, 0) is 17.7 Å². The minimum atomic E-state index is -0.129. The second-order valence-corrected chi connectivity index (χ2v) is 6.18. The van der Waals surface area contributed by atoms with Crippen molar-refractivity contribution in [2.75, 3.05) is 13.7 Å². The number of hydrogen-bond donors (Lipinski definition) is 1. The molecule has 5 nitrogen and oxygen atoms in total. The second kappa shape index (κ2) is 6.60. The summed E-state index contributed by atoms with van der Waals surface area (Å²) in [6.45, 7) is 3.31. The molecule has 0 amide bonds. The Kier molecular flexibility index (Phi) is 5.09. The molecule has 1 atom stereocenters. The fourth-order valence-corrected chi connectivity index (χ4v) is 3.14. The molecule has 0 aliphatic rings. The molecule has 0 radical (unpaired) electrons. The summed E-state index contributed by atoms with van der Waals surface area (Å²) in [5.41, 5.74) is 8.30. The zero-order chi connectivity index (χ0) is 13.8. The molecule has 2 aromatic rings. The van der Waals surface area contributed by atoms with Gasteiger partial charge in [0.15, 0.2) is 0 Å². The lowest BCUT2D eigenvalue weighted by atomic mass is 10.1. The molecular formula is C12H17BrN4OS. The molecule has 0 spiro atoms. The standard InChI is InChI=1S/C12H17BrN4OS/c1-8-16-9(7-19-8)5-11(14)12-10(13)6-15-17(12)3-4-18-2/h6-7,11H,3-5,14H2,1-2H3. The van der Waals surface area contributed by atoms with Gasteiger partial charge in [-0.3, -0.25) is 4.68 Å². The number of halogens is 1. The topological polar surface area (TPSA) is 66.0 Å². The van der Waals surface area contributed by atoms with Gasteiger partial charge in [-0.2, -0.15) is 5.10 Å². The predicted molar refractivity (Wildman–Crippen MR) is 79.3 cm³/mol. The Labute approximate surface area is 124 Å². The Hall–Kier alpha value is -0.760. The van der Waals surface area contributed by atoms with Crippen LogP contribution in [-0.4, -0.2) is 28.5 Å². The summed E-state index contributed by atoms with van der Waals surface area (Å²) in [6.07, 6.45) is 2.48. The van der Waals surface area contributed by atoms with E-state index in [1.807, 2.05) is 11.6 Å². The van der Waals surface area contributed by atoms with Gasteiger partial charge in [0.25, 0.3) is 0 Å². The molecule has 0 fully saturated rings. The Morgan fingerprint density at radius 1 is 1.58 bits per heavy atom. The van der Waals surface area contributed by atoms with Crippen molar-refractivity contribution in [1.82, 2.24) is 14.8 Å². The molecule has 104 valence electrons. The van der Waals surface area contributed by atoms with Gasteiger partial charge in [0.05, 0.1) is 46.3 Å². The van der Waals surface area contributed by atoms with E-state index in [1.165, 1.54) is 0 Å². The quantitative estimate of drug-likeness (QED) is 0.872. The van der Waals surface area contributed by atoms with E-state index in [4.69, 9.17) is 10.5 Å². The number of methoxy groups -OCH3 is 1. The highest BCUT2D eigenvalue weighted by Gasteiger charge is 2.18. The van der Waals surface area contributed by atoms with Gasteiger partial charge in [-0.1, -0.05) is 0 Å². The van der Waals surface area contributed by atoms with Gasteiger partial charge in [-0.05, 0) is 22.9 Å². The molecule has 0 saturated heterocycles. The average Bonchev–Trinajstić information content (AvgIpc) is 2.93. The molecule has 2 N–H and O–H groups in total. The Balaban J connectivity index is 2.13. The Morgan fingerprint density at radius 2 is 2.37 bits per heavy atom. The number of aromatic nitrogens is 3. The first-order valence-electron chi connectivity index (χ1n) is 5.98. The maximum Gasteiger partial charge on any atom is 0.0897 e. The van der Waals surface area contributed by atoms with E-state index in [2.05, 4.69) is 31.4 Å². The number of aryl methyl sites for hydroxylation is 1. The summed E-state index contributed by atoms with van der Waals surface area (Å²) in [5, 5.41) is 7.43. The van der Waals surface area contributed by atoms with Gasteiger partial charge in [-0.25, -0.2) is 4.98 Å². The van der Waals surface area contributed by atoms with Gasteiger partial charge < -0.3 is 10.5 Å². The fraction of sp³-hybridized carbons (Fsp3) is 0.500. The van der Waals surface area contributed by atoms with Gasteiger partial charge in [-0.15, -0.1) is 11.3 Å². The summed E-state index contributed by atoms with van der Waals surface area (Å²) >= 11 is 5.15. The summed E-state index contributed by atoms with van der Waals surface area (Å²) in [5.74, 6) is 0. The van der Waals surface area contributed by atoms with Crippen LogP contribution in [0.15, 0.2) is 16.0 Å². The van der Waals surface area contributed by atoms with Crippen LogP contribution in [0.3, 0.4) is 0 Å². The molecule has 0 aliphatic heterocycles. The SMILES string of the molecule is COCCn1ncc(Br)c1C(N)Cc1csc(C)n1. The molecule has 0 saturated carbocycles. The zero-order valence-corrected chi connectivity index (χ0v) is 13.4. The maximum atomic E-state index is 6.29. The monoisotopic (exact) mass is 344 g/mol. The van der Waals surface area contributed by atoms with E-state index in [1.54, 1.807) is 24.6 Å². The summed E-state index contributed by atoms with van der Waals surface area (Å²) in [4.78, 5) is 4.45. The summed E-state index contributed by atoms with van der Waals surface area (Å²) < 4.78 is 7.90. The number of thiazole rings is 1. The highest BCUT2D eigenvalue weighted by Crippen LogP contribution is 2.25. The molecule has 1 unspecified atom stereocenters. The van der Waals surface area contributed by atoms with Crippen molar-refractivity contribution in [3.05, 3.63) is 32.4 Å². The van der Waals surface area contributed by atoms with Gasteiger partial charge in [0.1, 0.15) is 0 Å². The molecule has 0 bridgehead atoms. The van der Waals surface area contributed by atoms with Crippen molar-refractivity contribution in [1.29, 1.82) is 0 Å². The minimum absolute atomic E-state index is 0.129. The van der Waals surface area contributed by atoms with Crippen LogP contribution >= 0.6 is 27.3 Å². The van der Waals surface area contributed by atoms with Crippen LogP contribution < -0.4 is 5.73 Å². The molecule has 2 heterocycles. The van der Waals surface area contributed by atoms with Gasteiger partial charge >= 0.3 is 0 Å². The van der Waals surface area contributed by atoms with Crippen molar-refractivity contribution in [3.63, 3.8) is 0 Å². The van der Waals surface area contributed by atoms with Crippen LogP contribution in [0, 0.1) is 6.92 Å². The Bertz CT molecular complexity index is 540. The van der Waals surface area contributed by atoms with E-state index >= 15 is 0 Å². The highest BCUT2D eigenvalue weighted by molar-refractivity contribution is 9.10. The van der Waals surface area contributed by atoms with Gasteiger partial charge in [0, 0.05) is 18.9 Å². The van der Waals surface area contributed by atoms with E-state index in [0.29, 0.717) is 19.6 Å². The van der Waals surface area contributed by atoms with Crippen LogP contribution in [0.4, 0.5) is 0 Å². The third kappa shape index (κ3) is 3.62. The van der Waals surface area contributed by atoms with Crippen LogP contribution in [0.25, 0.3) is 0 Å². The number of nitrogens with two attached hydrogens (primary N) is 1. The van der Waals surface area contributed by atoms with Crippen molar-refractivity contribution in [3.8, 4) is 0 Å².